The lowest BCUT2D eigenvalue weighted by atomic mass is 10.1. The zero-order chi connectivity index (χ0) is 11.7. The Labute approximate surface area is 102 Å². The molecule has 0 spiro atoms. The van der Waals surface area contributed by atoms with E-state index in [-0.39, 0.29) is 0 Å². The molecule has 1 aliphatic carbocycles. The smallest absolute Gasteiger partial charge is 0.0552 e. The van der Waals surface area contributed by atoms with Crippen molar-refractivity contribution in [2.75, 3.05) is 11.9 Å². The summed E-state index contributed by atoms with van der Waals surface area (Å²) in [7, 11) is 2.16. The van der Waals surface area contributed by atoms with Crippen molar-refractivity contribution in [2.24, 2.45) is 0 Å². The Morgan fingerprint density at radius 3 is 2.35 bits per heavy atom. The van der Waals surface area contributed by atoms with E-state index < -0.39 is 0 Å². The number of aromatic nitrogens is 1. The number of benzene rings is 1. The van der Waals surface area contributed by atoms with Crippen LogP contribution in [0.15, 0.2) is 48.8 Å². The minimum absolute atomic E-state index is 0.566. The van der Waals surface area contributed by atoms with Gasteiger partial charge in [-0.05, 0) is 36.1 Å². The summed E-state index contributed by atoms with van der Waals surface area (Å²) in [6.07, 6.45) is 6.03. The van der Waals surface area contributed by atoms with Gasteiger partial charge in [0.2, 0.25) is 0 Å². The zero-order valence-electron chi connectivity index (χ0n) is 10.0. The highest BCUT2D eigenvalue weighted by Crippen LogP contribution is 2.27. The van der Waals surface area contributed by atoms with Crippen LogP contribution < -0.4 is 4.90 Å². The molecule has 0 N–H and O–H groups in total. The third kappa shape index (κ3) is 1.91. The van der Waals surface area contributed by atoms with Gasteiger partial charge < -0.3 is 4.90 Å². The molecule has 3 rings (SSSR count). The normalized spacial score (nSPS) is 14.6. The van der Waals surface area contributed by atoms with Crippen LogP contribution in [0.3, 0.4) is 0 Å². The maximum atomic E-state index is 4.18. The predicted molar refractivity (Wildman–Crippen MR) is 70.3 cm³/mol. The lowest BCUT2D eigenvalue weighted by Gasteiger charge is -2.26. The lowest BCUT2D eigenvalue weighted by Crippen LogP contribution is -2.32. The van der Waals surface area contributed by atoms with E-state index in [0.29, 0.717) is 6.04 Å². The molecule has 0 bridgehead atoms. The summed E-state index contributed by atoms with van der Waals surface area (Å²) in [5, 5.41) is 0. The first-order chi connectivity index (χ1) is 8.34. The average molecular weight is 224 g/mol. The summed E-state index contributed by atoms with van der Waals surface area (Å²) < 4.78 is 0. The van der Waals surface area contributed by atoms with Crippen LogP contribution in [0.1, 0.15) is 11.1 Å². The van der Waals surface area contributed by atoms with Crippen LogP contribution in [0.25, 0.3) is 0 Å². The van der Waals surface area contributed by atoms with Gasteiger partial charge in [-0.15, -0.1) is 0 Å². The van der Waals surface area contributed by atoms with Crippen molar-refractivity contribution in [1.82, 2.24) is 4.98 Å². The van der Waals surface area contributed by atoms with Gasteiger partial charge >= 0.3 is 0 Å². The Morgan fingerprint density at radius 1 is 1.06 bits per heavy atom. The van der Waals surface area contributed by atoms with Crippen molar-refractivity contribution in [3.05, 3.63) is 59.9 Å². The van der Waals surface area contributed by atoms with Crippen LogP contribution in [-0.4, -0.2) is 18.1 Å². The fourth-order valence-corrected chi connectivity index (χ4v) is 2.58. The molecule has 0 unspecified atom stereocenters. The summed E-state index contributed by atoms with van der Waals surface area (Å²) in [6.45, 7) is 0. The highest BCUT2D eigenvalue weighted by Gasteiger charge is 2.24. The monoisotopic (exact) mass is 224 g/mol. The third-order valence-corrected chi connectivity index (χ3v) is 3.63. The third-order valence-electron chi connectivity index (χ3n) is 3.63. The van der Waals surface area contributed by atoms with E-state index in [4.69, 9.17) is 0 Å². The highest BCUT2D eigenvalue weighted by molar-refractivity contribution is 5.47. The summed E-state index contributed by atoms with van der Waals surface area (Å²) in [6, 6.07) is 13.4. The number of hydrogen-bond acceptors (Lipinski definition) is 2. The first-order valence-corrected chi connectivity index (χ1v) is 6.04. The van der Waals surface area contributed by atoms with Crippen molar-refractivity contribution in [3.8, 4) is 0 Å². The van der Waals surface area contributed by atoms with Gasteiger partial charge in [0.25, 0.3) is 0 Å². The molecule has 17 heavy (non-hydrogen) atoms. The van der Waals surface area contributed by atoms with Gasteiger partial charge in [-0.3, -0.25) is 4.98 Å². The average Bonchev–Trinajstić information content (AvgIpc) is 2.82. The number of likely N-dealkylation sites (N-methyl/N-ethyl adjacent to an activating group) is 1. The number of pyridine rings is 1. The Hall–Kier alpha value is -1.83. The number of rotatable bonds is 2. The maximum Gasteiger partial charge on any atom is 0.0552 e. The Morgan fingerprint density at radius 2 is 1.76 bits per heavy atom. The molecule has 1 heterocycles. The van der Waals surface area contributed by atoms with Gasteiger partial charge in [0.05, 0.1) is 11.9 Å². The minimum atomic E-state index is 0.566. The van der Waals surface area contributed by atoms with Crippen molar-refractivity contribution in [1.29, 1.82) is 0 Å². The molecule has 1 aliphatic rings. The SMILES string of the molecule is CN(c1cccnc1)C1Cc2ccccc2C1. The van der Waals surface area contributed by atoms with Gasteiger partial charge in [-0.2, -0.15) is 0 Å². The van der Waals surface area contributed by atoms with Crippen LogP contribution in [0.4, 0.5) is 5.69 Å². The molecule has 0 amide bonds. The minimum Gasteiger partial charge on any atom is -0.370 e. The van der Waals surface area contributed by atoms with Gasteiger partial charge in [0.1, 0.15) is 0 Å². The van der Waals surface area contributed by atoms with E-state index in [1.807, 2.05) is 18.5 Å². The molecule has 2 heteroatoms. The fraction of sp³-hybridized carbons (Fsp3) is 0.267. The number of anilines is 1. The molecule has 0 saturated heterocycles. The number of nitrogens with zero attached hydrogens (tertiary/aromatic N) is 2. The Kier molecular flexibility index (Phi) is 2.56. The predicted octanol–water partition coefficient (Wildman–Crippen LogP) is 2.69. The Balaban J connectivity index is 1.81. The van der Waals surface area contributed by atoms with E-state index in [1.54, 1.807) is 0 Å². The molecular weight excluding hydrogens is 208 g/mol. The molecule has 86 valence electrons. The zero-order valence-corrected chi connectivity index (χ0v) is 10.0. The van der Waals surface area contributed by atoms with Crippen LogP contribution in [0.2, 0.25) is 0 Å². The molecule has 2 aromatic rings. The largest absolute Gasteiger partial charge is 0.370 e. The molecule has 0 aliphatic heterocycles. The molecule has 0 radical (unpaired) electrons. The van der Waals surface area contributed by atoms with E-state index in [9.17, 15) is 0 Å². The summed E-state index contributed by atoms with van der Waals surface area (Å²) in [5.41, 5.74) is 4.19. The molecule has 1 aromatic carbocycles. The van der Waals surface area contributed by atoms with Crippen molar-refractivity contribution in [3.63, 3.8) is 0 Å². The topological polar surface area (TPSA) is 16.1 Å². The summed E-state index contributed by atoms with van der Waals surface area (Å²) >= 11 is 0. The van der Waals surface area contributed by atoms with Crippen LogP contribution in [0.5, 0.6) is 0 Å². The van der Waals surface area contributed by atoms with Crippen LogP contribution in [0, 0.1) is 0 Å². The quantitative estimate of drug-likeness (QED) is 0.779. The fourth-order valence-electron chi connectivity index (χ4n) is 2.58. The molecule has 0 fully saturated rings. The first kappa shape index (κ1) is 10.3. The van der Waals surface area contributed by atoms with E-state index in [0.717, 1.165) is 12.8 Å². The highest BCUT2D eigenvalue weighted by atomic mass is 15.1. The van der Waals surface area contributed by atoms with Gasteiger partial charge in [-0.25, -0.2) is 0 Å². The molecular formula is C15H16N2. The molecule has 0 saturated carbocycles. The van der Waals surface area contributed by atoms with Crippen LogP contribution in [-0.2, 0) is 12.8 Å². The van der Waals surface area contributed by atoms with Crippen LogP contribution >= 0.6 is 0 Å². The van der Waals surface area contributed by atoms with Crippen molar-refractivity contribution in [2.45, 2.75) is 18.9 Å². The second-order valence-electron chi connectivity index (χ2n) is 4.65. The van der Waals surface area contributed by atoms with Gasteiger partial charge in [0, 0.05) is 19.3 Å². The lowest BCUT2D eigenvalue weighted by molar-refractivity contribution is 0.666. The molecule has 1 aromatic heterocycles. The van der Waals surface area contributed by atoms with Crippen molar-refractivity contribution >= 4 is 5.69 Å². The molecule has 2 nitrogen and oxygen atoms in total. The van der Waals surface area contributed by atoms with E-state index in [2.05, 4.69) is 47.3 Å². The second-order valence-corrected chi connectivity index (χ2v) is 4.65. The van der Waals surface area contributed by atoms with E-state index >= 15 is 0 Å². The van der Waals surface area contributed by atoms with Crippen molar-refractivity contribution < 1.29 is 0 Å². The van der Waals surface area contributed by atoms with Gasteiger partial charge in [0.15, 0.2) is 0 Å². The number of hydrogen-bond donors (Lipinski definition) is 0. The summed E-state index contributed by atoms with van der Waals surface area (Å²) in [5.74, 6) is 0. The number of fused-ring (bicyclic) bond motifs is 1. The maximum absolute atomic E-state index is 4.18. The standard InChI is InChI=1S/C15H16N2/c1-17(14-7-4-8-16-11-14)15-9-12-5-2-3-6-13(12)10-15/h2-8,11,15H,9-10H2,1H3. The Bertz CT molecular complexity index is 482. The molecule has 0 atom stereocenters. The second kappa shape index (κ2) is 4.21. The van der Waals surface area contributed by atoms with E-state index in [1.165, 1.54) is 16.8 Å². The summed E-state index contributed by atoms with van der Waals surface area (Å²) in [4.78, 5) is 6.52. The van der Waals surface area contributed by atoms with Gasteiger partial charge in [-0.1, -0.05) is 24.3 Å². The first-order valence-electron chi connectivity index (χ1n) is 6.04.